The number of hydrogen-bond acceptors (Lipinski definition) is 1. The lowest BCUT2D eigenvalue weighted by Crippen LogP contribution is -2.19. The van der Waals surface area contributed by atoms with E-state index < -0.39 is 11.9 Å². The highest BCUT2D eigenvalue weighted by Crippen LogP contribution is 2.33. The molecule has 1 aromatic heterocycles. The maximum Gasteiger partial charge on any atom is 0.435 e. The Labute approximate surface area is 93.5 Å². The molecule has 0 aliphatic heterocycles. The van der Waals surface area contributed by atoms with Crippen LogP contribution < -0.4 is 0 Å². The summed E-state index contributed by atoms with van der Waals surface area (Å²) in [5.41, 5.74) is -0.554. The Kier molecular flexibility index (Phi) is 3.09. The zero-order valence-electron chi connectivity index (χ0n) is 10.2. The van der Waals surface area contributed by atoms with Crippen LogP contribution in [0.1, 0.15) is 52.0 Å². The van der Waals surface area contributed by atoms with Gasteiger partial charge in [-0.2, -0.15) is 18.3 Å². The first-order chi connectivity index (χ1) is 7.03. The van der Waals surface area contributed by atoms with E-state index in [4.69, 9.17) is 0 Å². The van der Waals surface area contributed by atoms with Gasteiger partial charge in [-0.1, -0.05) is 20.8 Å². The van der Waals surface area contributed by atoms with Crippen molar-refractivity contribution in [2.24, 2.45) is 0 Å². The molecule has 0 amide bonds. The summed E-state index contributed by atoms with van der Waals surface area (Å²) in [4.78, 5) is 0. The van der Waals surface area contributed by atoms with Gasteiger partial charge < -0.3 is 0 Å². The predicted octanol–water partition coefficient (Wildman–Crippen LogP) is 3.78. The Bertz CT molecular complexity index is 370. The Hall–Kier alpha value is -1.00. The quantitative estimate of drug-likeness (QED) is 0.723. The van der Waals surface area contributed by atoms with Crippen LogP contribution in [0.4, 0.5) is 13.2 Å². The standard InChI is InChI=1S/C11H17F3N2/c1-7(2)16-9(10(3,4)5)6-8(15-16)11(12,13)14/h6-7H,1-5H3. The van der Waals surface area contributed by atoms with Crippen molar-refractivity contribution in [3.63, 3.8) is 0 Å². The highest BCUT2D eigenvalue weighted by Gasteiger charge is 2.36. The van der Waals surface area contributed by atoms with Gasteiger partial charge in [-0.25, -0.2) is 0 Å². The molecule has 0 saturated heterocycles. The lowest BCUT2D eigenvalue weighted by atomic mass is 9.91. The number of nitrogens with zero attached hydrogens (tertiary/aromatic N) is 2. The van der Waals surface area contributed by atoms with Crippen molar-refractivity contribution in [2.75, 3.05) is 0 Å². The van der Waals surface area contributed by atoms with E-state index in [1.807, 2.05) is 34.6 Å². The van der Waals surface area contributed by atoms with Crippen molar-refractivity contribution in [1.82, 2.24) is 9.78 Å². The Morgan fingerprint density at radius 2 is 1.69 bits per heavy atom. The van der Waals surface area contributed by atoms with Gasteiger partial charge in [-0.3, -0.25) is 4.68 Å². The molecule has 0 aliphatic rings. The number of rotatable bonds is 1. The maximum atomic E-state index is 12.6. The monoisotopic (exact) mass is 234 g/mol. The van der Waals surface area contributed by atoms with Gasteiger partial charge >= 0.3 is 6.18 Å². The van der Waals surface area contributed by atoms with E-state index in [0.29, 0.717) is 5.69 Å². The maximum absolute atomic E-state index is 12.6. The summed E-state index contributed by atoms with van der Waals surface area (Å²) in [6, 6.07) is 1.06. The fraction of sp³-hybridized carbons (Fsp3) is 0.727. The SMILES string of the molecule is CC(C)n1nc(C(F)(F)F)cc1C(C)(C)C. The molecule has 16 heavy (non-hydrogen) atoms. The molecule has 0 aliphatic carbocycles. The average Bonchev–Trinajstić information content (AvgIpc) is 2.44. The summed E-state index contributed by atoms with van der Waals surface area (Å²) in [7, 11) is 0. The summed E-state index contributed by atoms with van der Waals surface area (Å²) in [5.74, 6) is 0. The molecule has 0 radical (unpaired) electrons. The van der Waals surface area contributed by atoms with Crippen molar-refractivity contribution in [3.8, 4) is 0 Å². The highest BCUT2D eigenvalue weighted by atomic mass is 19.4. The summed E-state index contributed by atoms with van der Waals surface area (Å²) in [6.45, 7) is 9.28. The number of aromatic nitrogens is 2. The zero-order chi connectivity index (χ0) is 12.7. The molecule has 0 N–H and O–H groups in total. The molecule has 1 aromatic rings. The van der Waals surface area contributed by atoms with Crippen molar-refractivity contribution in [1.29, 1.82) is 0 Å². The van der Waals surface area contributed by atoms with E-state index >= 15 is 0 Å². The summed E-state index contributed by atoms with van der Waals surface area (Å²) in [6.07, 6.45) is -4.37. The zero-order valence-corrected chi connectivity index (χ0v) is 10.2. The first-order valence-electron chi connectivity index (χ1n) is 5.20. The molecule has 0 bridgehead atoms. The first kappa shape index (κ1) is 13.1. The lowest BCUT2D eigenvalue weighted by Gasteiger charge is -2.21. The molecular formula is C11H17F3N2. The number of hydrogen-bond donors (Lipinski definition) is 0. The largest absolute Gasteiger partial charge is 0.435 e. The van der Waals surface area contributed by atoms with Crippen LogP contribution in [-0.2, 0) is 11.6 Å². The fourth-order valence-electron chi connectivity index (χ4n) is 1.49. The van der Waals surface area contributed by atoms with Gasteiger partial charge in [-0.05, 0) is 19.9 Å². The van der Waals surface area contributed by atoms with Crippen LogP contribution in [0.5, 0.6) is 0 Å². The Morgan fingerprint density at radius 1 is 1.19 bits per heavy atom. The van der Waals surface area contributed by atoms with Crippen molar-refractivity contribution in [3.05, 3.63) is 17.5 Å². The normalized spacial score (nSPS) is 13.6. The van der Waals surface area contributed by atoms with E-state index in [2.05, 4.69) is 5.10 Å². The van der Waals surface area contributed by atoms with Gasteiger partial charge in [0.2, 0.25) is 0 Å². The molecule has 0 aromatic carbocycles. The first-order valence-corrected chi connectivity index (χ1v) is 5.20. The van der Waals surface area contributed by atoms with Crippen LogP contribution in [0.15, 0.2) is 6.07 Å². The van der Waals surface area contributed by atoms with Crippen LogP contribution in [0.2, 0.25) is 0 Å². The predicted molar refractivity (Wildman–Crippen MR) is 56.3 cm³/mol. The minimum atomic E-state index is -4.37. The third kappa shape index (κ3) is 2.57. The Morgan fingerprint density at radius 3 is 1.94 bits per heavy atom. The molecule has 0 unspecified atom stereocenters. The minimum absolute atomic E-state index is 0.0784. The molecule has 92 valence electrons. The molecule has 1 rings (SSSR count). The summed E-state index contributed by atoms with van der Waals surface area (Å²) >= 11 is 0. The van der Waals surface area contributed by atoms with Crippen molar-refractivity contribution >= 4 is 0 Å². The summed E-state index contributed by atoms with van der Waals surface area (Å²) in [5, 5.41) is 3.64. The van der Waals surface area contributed by atoms with E-state index in [9.17, 15) is 13.2 Å². The third-order valence-corrected chi connectivity index (χ3v) is 2.28. The van der Waals surface area contributed by atoms with Crippen LogP contribution in [0.25, 0.3) is 0 Å². The highest BCUT2D eigenvalue weighted by molar-refractivity contribution is 5.20. The molecule has 5 heteroatoms. The average molecular weight is 234 g/mol. The molecule has 1 heterocycles. The minimum Gasteiger partial charge on any atom is -0.266 e. The van der Waals surface area contributed by atoms with Gasteiger partial charge in [0.1, 0.15) is 0 Å². The number of alkyl halides is 3. The fourth-order valence-corrected chi connectivity index (χ4v) is 1.49. The van der Waals surface area contributed by atoms with Gasteiger partial charge in [0.15, 0.2) is 5.69 Å². The van der Waals surface area contributed by atoms with Crippen molar-refractivity contribution in [2.45, 2.75) is 52.3 Å². The second-order valence-corrected chi connectivity index (χ2v) is 5.20. The molecule has 0 fully saturated rings. The van der Waals surface area contributed by atoms with E-state index in [-0.39, 0.29) is 11.5 Å². The topological polar surface area (TPSA) is 17.8 Å². The van der Waals surface area contributed by atoms with Crippen LogP contribution in [0.3, 0.4) is 0 Å². The molecular weight excluding hydrogens is 217 g/mol. The van der Waals surface area contributed by atoms with Crippen LogP contribution in [-0.4, -0.2) is 9.78 Å². The third-order valence-electron chi connectivity index (χ3n) is 2.28. The van der Waals surface area contributed by atoms with Gasteiger partial charge in [0.05, 0.1) is 0 Å². The van der Waals surface area contributed by atoms with E-state index in [1.54, 1.807) is 0 Å². The molecule has 0 spiro atoms. The van der Waals surface area contributed by atoms with Gasteiger partial charge in [0.25, 0.3) is 0 Å². The lowest BCUT2D eigenvalue weighted by molar-refractivity contribution is -0.141. The van der Waals surface area contributed by atoms with Crippen LogP contribution >= 0.6 is 0 Å². The number of halogens is 3. The van der Waals surface area contributed by atoms with Crippen LogP contribution in [0, 0.1) is 0 Å². The smallest absolute Gasteiger partial charge is 0.266 e. The van der Waals surface area contributed by atoms with E-state index in [0.717, 1.165) is 6.07 Å². The van der Waals surface area contributed by atoms with Gasteiger partial charge in [0, 0.05) is 17.2 Å². The second-order valence-electron chi connectivity index (χ2n) is 5.20. The Balaban J connectivity index is 3.32. The molecule has 0 atom stereocenters. The summed E-state index contributed by atoms with van der Waals surface area (Å²) < 4.78 is 39.1. The molecule has 2 nitrogen and oxygen atoms in total. The molecule has 0 saturated carbocycles. The van der Waals surface area contributed by atoms with Crippen molar-refractivity contribution < 1.29 is 13.2 Å². The van der Waals surface area contributed by atoms with Gasteiger partial charge in [-0.15, -0.1) is 0 Å². The second kappa shape index (κ2) is 3.79. The van der Waals surface area contributed by atoms with E-state index in [1.165, 1.54) is 4.68 Å².